The van der Waals surface area contributed by atoms with Gasteiger partial charge in [-0.05, 0) is 31.8 Å². The van der Waals surface area contributed by atoms with Crippen LogP contribution >= 0.6 is 0 Å². The Labute approximate surface area is 109 Å². The molecule has 0 spiro atoms. The summed E-state index contributed by atoms with van der Waals surface area (Å²) < 4.78 is 0. The van der Waals surface area contributed by atoms with Crippen LogP contribution in [0.1, 0.15) is 66.7 Å². The summed E-state index contributed by atoms with van der Waals surface area (Å²) in [5.41, 5.74) is 0. The van der Waals surface area contributed by atoms with Crippen molar-refractivity contribution in [1.29, 1.82) is 0 Å². The lowest BCUT2D eigenvalue weighted by Crippen LogP contribution is -2.28. The van der Waals surface area contributed by atoms with Gasteiger partial charge >= 0.3 is 0 Å². The zero-order valence-corrected chi connectivity index (χ0v) is 12.8. The molecule has 0 bridgehead atoms. The Morgan fingerprint density at radius 1 is 0.882 bits per heavy atom. The van der Waals surface area contributed by atoms with Gasteiger partial charge in [-0.1, -0.05) is 53.9 Å². The molecule has 0 aliphatic carbocycles. The molecular formula is C15H35NO. The van der Waals surface area contributed by atoms with Gasteiger partial charge in [-0.15, -0.1) is 0 Å². The van der Waals surface area contributed by atoms with E-state index in [-0.39, 0.29) is 0 Å². The summed E-state index contributed by atoms with van der Waals surface area (Å²) in [6.07, 6.45) is 6.51. The van der Waals surface area contributed by atoms with Crippen molar-refractivity contribution in [3.05, 3.63) is 0 Å². The smallest absolute Gasteiger partial charge is 0.0558 e. The highest BCUT2D eigenvalue weighted by Crippen LogP contribution is 2.04. The maximum atomic E-state index is 8.65. The van der Waals surface area contributed by atoms with Gasteiger partial charge in [-0.2, -0.15) is 0 Å². The molecule has 0 heterocycles. The second kappa shape index (κ2) is 15.9. The lowest BCUT2D eigenvalue weighted by Gasteiger charge is -2.18. The van der Waals surface area contributed by atoms with Crippen LogP contribution in [-0.2, 0) is 0 Å². The standard InChI is InChI=1S/C8H19NO.C7H16/c1-3-5-9(6-4-2)7-8-10;1-4-5-6-7(2)3/h10H,3-8H2,1-2H3;7H,4-6H2,1-3H3. The Balaban J connectivity index is 0. The molecule has 0 aromatic carbocycles. The van der Waals surface area contributed by atoms with Crippen molar-refractivity contribution in [2.45, 2.75) is 66.7 Å². The maximum absolute atomic E-state index is 8.65. The van der Waals surface area contributed by atoms with Crippen LogP contribution < -0.4 is 0 Å². The van der Waals surface area contributed by atoms with Gasteiger partial charge in [0.1, 0.15) is 0 Å². The third kappa shape index (κ3) is 18.5. The average Bonchev–Trinajstić information content (AvgIpc) is 2.28. The van der Waals surface area contributed by atoms with E-state index < -0.39 is 0 Å². The van der Waals surface area contributed by atoms with E-state index in [0.29, 0.717) is 6.61 Å². The highest BCUT2D eigenvalue weighted by molar-refractivity contribution is 4.53. The van der Waals surface area contributed by atoms with E-state index in [0.717, 1.165) is 25.6 Å². The van der Waals surface area contributed by atoms with Crippen LogP contribution in [0.2, 0.25) is 0 Å². The molecule has 0 saturated carbocycles. The molecular weight excluding hydrogens is 210 g/mol. The predicted octanol–water partition coefficient (Wildman–Crippen LogP) is 3.93. The van der Waals surface area contributed by atoms with E-state index in [1.54, 1.807) is 0 Å². The molecule has 0 aromatic rings. The van der Waals surface area contributed by atoms with Gasteiger partial charge in [0.05, 0.1) is 6.61 Å². The highest BCUT2D eigenvalue weighted by atomic mass is 16.3. The van der Waals surface area contributed by atoms with Crippen LogP contribution in [-0.4, -0.2) is 36.2 Å². The summed E-state index contributed by atoms with van der Waals surface area (Å²) in [7, 11) is 0. The molecule has 2 heteroatoms. The van der Waals surface area contributed by atoms with Crippen molar-refractivity contribution in [1.82, 2.24) is 4.90 Å². The summed E-state index contributed by atoms with van der Waals surface area (Å²) in [5.74, 6) is 0.903. The summed E-state index contributed by atoms with van der Waals surface area (Å²) >= 11 is 0. The molecule has 1 N–H and O–H groups in total. The van der Waals surface area contributed by atoms with Gasteiger partial charge < -0.3 is 10.0 Å². The van der Waals surface area contributed by atoms with Crippen molar-refractivity contribution < 1.29 is 5.11 Å². The van der Waals surface area contributed by atoms with Crippen molar-refractivity contribution in [2.75, 3.05) is 26.2 Å². The second-order valence-corrected chi connectivity index (χ2v) is 5.10. The minimum atomic E-state index is 0.292. The highest BCUT2D eigenvalue weighted by Gasteiger charge is 1.98. The predicted molar refractivity (Wildman–Crippen MR) is 78.5 cm³/mol. The average molecular weight is 245 g/mol. The zero-order valence-electron chi connectivity index (χ0n) is 12.8. The Bertz CT molecular complexity index is 112. The van der Waals surface area contributed by atoms with Crippen LogP contribution in [0.15, 0.2) is 0 Å². The zero-order chi connectivity index (χ0) is 13.5. The van der Waals surface area contributed by atoms with E-state index >= 15 is 0 Å². The number of nitrogens with zero attached hydrogens (tertiary/aromatic N) is 1. The third-order valence-corrected chi connectivity index (χ3v) is 2.63. The molecule has 0 aliphatic rings. The summed E-state index contributed by atoms with van der Waals surface area (Å²) in [5, 5.41) is 8.65. The molecule has 2 nitrogen and oxygen atoms in total. The monoisotopic (exact) mass is 245 g/mol. The van der Waals surface area contributed by atoms with Crippen molar-refractivity contribution >= 4 is 0 Å². The van der Waals surface area contributed by atoms with Gasteiger partial charge in [0.15, 0.2) is 0 Å². The summed E-state index contributed by atoms with van der Waals surface area (Å²) in [6.45, 7) is 14.5. The fourth-order valence-corrected chi connectivity index (χ4v) is 1.72. The van der Waals surface area contributed by atoms with Crippen LogP contribution in [0.5, 0.6) is 0 Å². The first-order valence-corrected chi connectivity index (χ1v) is 7.45. The topological polar surface area (TPSA) is 23.5 Å². The van der Waals surface area contributed by atoms with Gasteiger partial charge in [-0.3, -0.25) is 0 Å². The largest absolute Gasteiger partial charge is 0.395 e. The molecule has 17 heavy (non-hydrogen) atoms. The van der Waals surface area contributed by atoms with E-state index in [1.165, 1.54) is 32.1 Å². The Kier molecular flexibility index (Phi) is 18.0. The van der Waals surface area contributed by atoms with Crippen molar-refractivity contribution in [3.8, 4) is 0 Å². The SMILES string of the molecule is CCCCC(C)C.CCCN(CCC)CCO. The lowest BCUT2D eigenvalue weighted by atomic mass is 10.1. The van der Waals surface area contributed by atoms with Crippen LogP contribution in [0.3, 0.4) is 0 Å². The number of rotatable bonds is 9. The molecule has 0 fully saturated rings. The van der Waals surface area contributed by atoms with E-state index in [1.807, 2.05) is 0 Å². The normalized spacial score (nSPS) is 10.6. The molecule has 0 aliphatic heterocycles. The van der Waals surface area contributed by atoms with Gasteiger partial charge in [0, 0.05) is 6.54 Å². The molecule has 0 radical (unpaired) electrons. The van der Waals surface area contributed by atoms with E-state index in [9.17, 15) is 0 Å². The van der Waals surface area contributed by atoms with Crippen LogP contribution in [0.25, 0.3) is 0 Å². The quantitative estimate of drug-likeness (QED) is 0.665. The first-order valence-electron chi connectivity index (χ1n) is 7.45. The second-order valence-electron chi connectivity index (χ2n) is 5.10. The number of hydrogen-bond acceptors (Lipinski definition) is 2. The minimum absolute atomic E-state index is 0.292. The minimum Gasteiger partial charge on any atom is -0.395 e. The fourth-order valence-electron chi connectivity index (χ4n) is 1.72. The first-order chi connectivity index (χ1) is 8.12. The summed E-state index contributed by atoms with van der Waals surface area (Å²) in [4.78, 5) is 2.29. The molecule has 0 atom stereocenters. The fraction of sp³-hybridized carbons (Fsp3) is 1.00. The Morgan fingerprint density at radius 2 is 1.41 bits per heavy atom. The molecule has 0 saturated heterocycles. The summed E-state index contributed by atoms with van der Waals surface area (Å²) in [6, 6.07) is 0. The third-order valence-electron chi connectivity index (χ3n) is 2.63. The van der Waals surface area contributed by atoms with E-state index in [4.69, 9.17) is 5.11 Å². The lowest BCUT2D eigenvalue weighted by molar-refractivity contribution is 0.196. The molecule has 0 amide bonds. The number of aliphatic hydroxyl groups excluding tert-OH is 1. The number of unbranched alkanes of at least 4 members (excludes halogenated alkanes) is 1. The number of aliphatic hydroxyl groups is 1. The first kappa shape index (κ1) is 19.3. The Hall–Kier alpha value is -0.0800. The molecule has 0 aromatic heterocycles. The van der Waals surface area contributed by atoms with Crippen molar-refractivity contribution in [2.24, 2.45) is 5.92 Å². The molecule has 0 rings (SSSR count). The Morgan fingerprint density at radius 3 is 1.65 bits per heavy atom. The molecule has 0 unspecified atom stereocenters. The van der Waals surface area contributed by atoms with Gasteiger partial charge in [0.25, 0.3) is 0 Å². The van der Waals surface area contributed by atoms with Gasteiger partial charge in [-0.25, -0.2) is 0 Å². The van der Waals surface area contributed by atoms with E-state index in [2.05, 4.69) is 39.5 Å². The van der Waals surface area contributed by atoms with Crippen LogP contribution in [0.4, 0.5) is 0 Å². The van der Waals surface area contributed by atoms with Crippen LogP contribution in [0, 0.1) is 5.92 Å². The number of hydrogen-bond donors (Lipinski definition) is 1. The molecule has 106 valence electrons. The van der Waals surface area contributed by atoms with Gasteiger partial charge in [0.2, 0.25) is 0 Å². The van der Waals surface area contributed by atoms with Crippen molar-refractivity contribution in [3.63, 3.8) is 0 Å². The maximum Gasteiger partial charge on any atom is 0.0558 e.